The molecule has 19 heavy (non-hydrogen) atoms. The Hall–Kier alpha value is -1.35. The minimum atomic E-state index is 0.0320. The highest BCUT2D eigenvalue weighted by Gasteiger charge is 2.24. The summed E-state index contributed by atoms with van der Waals surface area (Å²) in [6.07, 6.45) is 4.37. The van der Waals surface area contributed by atoms with Crippen LogP contribution in [0.3, 0.4) is 0 Å². The Morgan fingerprint density at radius 2 is 1.79 bits per heavy atom. The number of anilines is 1. The van der Waals surface area contributed by atoms with Crippen LogP contribution in [0.2, 0.25) is 0 Å². The predicted octanol–water partition coefficient (Wildman–Crippen LogP) is 3.47. The number of benzene rings is 1. The molecule has 1 aliphatic rings. The van der Waals surface area contributed by atoms with Crippen molar-refractivity contribution in [1.82, 2.24) is 0 Å². The Labute approximate surface area is 115 Å². The van der Waals surface area contributed by atoms with Crippen molar-refractivity contribution >= 4 is 11.6 Å². The number of hydrogen-bond acceptors (Lipinski definition) is 2. The van der Waals surface area contributed by atoms with Gasteiger partial charge in [0.2, 0.25) is 5.91 Å². The molecule has 0 aromatic heterocycles. The zero-order chi connectivity index (χ0) is 13.8. The summed E-state index contributed by atoms with van der Waals surface area (Å²) < 4.78 is 0. The average molecular weight is 260 g/mol. The topological polar surface area (TPSA) is 55.1 Å². The first kappa shape index (κ1) is 14.1. The van der Waals surface area contributed by atoms with Crippen molar-refractivity contribution < 1.29 is 4.79 Å². The van der Waals surface area contributed by atoms with Gasteiger partial charge in [-0.2, -0.15) is 0 Å². The first-order valence-corrected chi connectivity index (χ1v) is 7.22. The van der Waals surface area contributed by atoms with E-state index in [1.54, 1.807) is 0 Å². The van der Waals surface area contributed by atoms with Gasteiger partial charge in [-0.1, -0.05) is 19.1 Å². The molecule has 1 fully saturated rings. The van der Waals surface area contributed by atoms with Crippen molar-refractivity contribution in [1.29, 1.82) is 0 Å². The van der Waals surface area contributed by atoms with E-state index in [-0.39, 0.29) is 17.9 Å². The Morgan fingerprint density at radius 3 is 2.32 bits per heavy atom. The Balaban J connectivity index is 1.91. The van der Waals surface area contributed by atoms with Crippen molar-refractivity contribution in [2.45, 2.75) is 45.6 Å². The van der Waals surface area contributed by atoms with E-state index in [9.17, 15) is 4.79 Å². The normalized spacial score (nSPS) is 24.8. The third-order valence-corrected chi connectivity index (χ3v) is 4.09. The molecule has 3 N–H and O–H groups in total. The zero-order valence-corrected chi connectivity index (χ0v) is 11.9. The van der Waals surface area contributed by atoms with Crippen molar-refractivity contribution in [2.75, 3.05) is 5.32 Å². The number of carbonyl (C=O) groups excluding carboxylic acids is 1. The molecule has 1 aromatic carbocycles. The number of nitrogens with two attached hydrogens (primary N) is 1. The Kier molecular flexibility index (Phi) is 4.59. The van der Waals surface area contributed by atoms with E-state index >= 15 is 0 Å². The van der Waals surface area contributed by atoms with Crippen LogP contribution < -0.4 is 11.1 Å². The lowest BCUT2D eigenvalue weighted by Crippen LogP contribution is -2.26. The van der Waals surface area contributed by atoms with E-state index in [0.717, 1.165) is 30.0 Å². The molecule has 2 rings (SSSR count). The van der Waals surface area contributed by atoms with Gasteiger partial charge in [0.1, 0.15) is 0 Å². The van der Waals surface area contributed by atoms with E-state index < -0.39 is 0 Å². The molecule has 0 saturated heterocycles. The standard InChI is InChI=1S/C16H24N2O/c1-11-3-5-14(6-4-11)16(19)18-15-9-7-13(8-10-15)12(2)17/h7-12,14H,3-6,17H2,1-2H3,(H,18,19). The molecule has 0 aliphatic heterocycles. The van der Waals surface area contributed by atoms with Gasteiger partial charge in [-0.05, 0) is 56.2 Å². The maximum atomic E-state index is 12.2. The van der Waals surface area contributed by atoms with Gasteiger partial charge in [0.05, 0.1) is 0 Å². The first-order valence-electron chi connectivity index (χ1n) is 7.22. The highest BCUT2D eigenvalue weighted by molar-refractivity contribution is 5.92. The molecule has 1 saturated carbocycles. The second-order valence-electron chi connectivity index (χ2n) is 5.86. The van der Waals surface area contributed by atoms with E-state index in [4.69, 9.17) is 5.73 Å². The molecule has 104 valence electrons. The molecule has 0 bridgehead atoms. The van der Waals surface area contributed by atoms with Gasteiger partial charge in [0.15, 0.2) is 0 Å². The minimum Gasteiger partial charge on any atom is -0.326 e. The van der Waals surface area contributed by atoms with E-state index in [1.165, 1.54) is 12.8 Å². The van der Waals surface area contributed by atoms with Crippen LogP contribution in [-0.4, -0.2) is 5.91 Å². The van der Waals surface area contributed by atoms with Crippen molar-refractivity contribution in [3.05, 3.63) is 29.8 Å². The zero-order valence-electron chi connectivity index (χ0n) is 11.9. The summed E-state index contributed by atoms with van der Waals surface area (Å²) in [5, 5.41) is 3.01. The number of amides is 1. The molecule has 1 aromatic rings. The second-order valence-corrected chi connectivity index (χ2v) is 5.86. The molecular weight excluding hydrogens is 236 g/mol. The molecule has 0 spiro atoms. The second kappa shape index (κ2) is 6.20. The van der Waals surface area contributed by atoms with Gasteiger partial charge in [0.25, 0.3) is 0 Å². The van der Waals surface area contributed by atoms with Crippen molar-refractivity contribution in [3.8, 4) is 0 Å². The average Bonchev–Trinajstić information content (AvgIpc) is 2.40. The van der Waals surface area contributed by atoms with Gasteiger partial charge >= 0.3 is 0 Å². The van der Waals surface area contributed by atoms with Crippen LogP contribution in [0.25, 0.3) is 0 Å². The van der Waals surface area contributed by atoms with Crippen molar-refractivity contribution in [3.63, 3.8) is 0 Å². The summed E-state index contributed by atoms with van der Waals surface area (Å²) in [5.41, 5.74) is 7.76. The summed E-state index contributed by atoms with van der Waals surface area (Å²) in [5.74, 6) is 1.12. The predicted molar refractivity (Wildman–Crippen MR) is 78.8 cm³/mol. The number of rotatable bonds is 3. The molecule has 3 nitrogen and oxygen atoms in total. The van der Waals surface area contributed by atoms with Crippen LogP contribution in [-0.2, 0) is 4.79 Å². The van der Waals surface area contributed by atoms with E-state index in [1.807, 2.05) is 31.2 Å². The molecular formula is C16H24N2O. The summed E-state index contributed by atoms with van der Waals surface area (Å²) >= 11 is 0. The maximum Gasteiger partial charge on any atom is 0.227 e. The molecule has 0 radical (unpaired) electrons. The highest BCUT2D eigenvalue weighted by atomic mass is 16.1. The Bertz CT molecular complexity index is 417. The fourth-order valence-electron chi connectivity index (χ4n) is 2.64. The Morgan fingerprint density at radius 1 is 1.21 bits per heavy atom. The molecule has 1 atom stereocenters. The van der Waals surface area contributed by atoms with Crippen LogP contribution >= 0.6 is 0 Å². The lowest BCUT2D eigenvalue weighted by atomic mass is 9.82. The van der Waals surface area contributed by atoms with Crippen LogP contribution in [0.5, 0.6) is 0 Å². The van der Waals surface area contributed by atoms with Gasteiger partial charge in [0, 0.05) is 17.6 Å². The summed E-state index contributed by atoms with van der Waals surface area (Å²) in [6, 6.07) is 7.85. The van der Waals surface area contributed by atoms with Crippen LogP contribution in [0.4, 0.5) is 5.69 Å². The fraction of sp³-hybridized carbons (Fsp3) is 0.562. The van der Waals surface area contributed by atoms with E-state index in [0.29, 0.717) is 0 Å². The summed E-state index contributed by atoms with van der Waals surface area (Å²) in [7, 11) is 0. The lowest BCUT2D eigenvalue weighted by Gasteiger charge is -2.25. The van der Waals surface area contributed by atoms with Gasteiger partial charge in [-0.15, -0.1) is 0 Å². The molecule has 3 heteroatoms. The first-order chi connectivity index (χ1) is 9.06. The number of hydrogen-bond donors (Lipinski definition) is 2. The molecule has 1 unspecified atom stereocenters. The maximum absolute atomic E-state index is 12.2. The minimum absolute atomic E-state index is 0.0320. The SMILES string of the molecule is CC1CCC(C(=O)Nc2ccc(C(C)N)cc2)CC1. The largest absolute Gasteiger partial charge is 0.326 e. The van der Waals surface area contributed by atoms with Crippen LogP contribution in [0.15, 0.2) is 24.3 Å². The summed E-state index contributed by atoms with van der Waals surface area (Å²) in [4.78, 5) is 12.2. The monoisotopic (exact) mass is 260 g/mol. The van der Waals surface area contributed by atoms with Gasteiger partial charge in [-0.25, -0.2) is 0 Å². The van der Waals surface area contributed by atoms with Crippen LogP contribution in [0.1, 0.15) is 51.1 Å². The number of nitrogens with one attached hydrogen (secondary N) is 1. The summed E-state index contributed by atoms with van der Waals surface area (Å²) in [6.45, 7) is 4.22. The molecule has 1 amide bonds. The van der Waals surface area contributed by atoms with E-state index in [2.05, 4.69) is 12.2 Å². The third-order valence-electron chi connectivity index (χ3n) is 4.09. The van der Waals surface area contributed by atoms with Crippen LogP contribution in [0, 0.1) is 11.8 Å². The highest BCUT2D eigenvalue weighted by Crippen LogP contribution is 2.29. The smallest absolute Gasteiger partial charge is 0.227 e. The lowest BCUT2D eigenvalue weighted by molar-refractivity contribution is -0.121. The quantitative estimate of drug-likeness (QED) is 0.874. The molecule has 0 heterocycles. The third kappa shape index (κ3) is 3.80. The van der Waals surface area contributed by atoms with Gasteiger partial charge < -0.3 is 11.1 Å². The fourth-order valence-corrected chi connectivity index (χ4v) is 2.64. The number of carbonyl (C=O) groups is 1. The molecule has 1 aliphatic carbocycles. The van der Waals surface area contributed by atoms with Gasteiger partial charge in [-0.3, -0.25) is 4.79 Å². The van der Waals surface area contributed by atoms with Crippen molar-refractivity contribution in [2.24, 2.45) is 17.6 Å².